The number of carbonyl (C=O) groups excluding carboxylic acids is 1. The van der Waals surface area contributed by atoms with Crippen molar-refractivity contribution in [2.75, 3.05) is 13.1 Å². The third-order valence-electron chi connectivity index (χ3n) is 4.05. The first-order chi connectivity index (χ1) is 13.5. The first kappa shape index (κ1) is 20.3. The van der Waals surface area contributed by atoms with Crippen molar-refractivity contribution in [2.45, 2.75) is 18.2 Å². The summed E-state index contributed by atoms with van der Waals surface area (Å²) in [5.41, 5.74) is 0.915. The Morgan fingerprint density at radius 3 is 2.86 bits per heavy atom. The molecule has 1 aromatic heterocycles. The second-order valence-corrected chi connectivity index (χ2v) is 8.21. The van der Waals surface area contributed by atoms with E-state index in [-0.39, 0.29) is 17.0 Å². The van der Waals surface area contributed by atoms with Crippen LogP contribution in [0.4, 0.5) is 4.39 Å². The third-order valence-corrected chi connectivity index (χ3v) is 5.49. The number of aromatic nitrogens is 1. The first-order valence-corrected chi connectivity index (χ1v) is 10.0. The predicted molar refractivity (Wildman–Crippen MR) is 113 cm³/mol. The fourth-order valence-corrected chi connectivity index (χ4v) is 4.17. The lowest BCUT2D eigenvalue weighted by molar-refractivity contribution is -0.128. The van der Waals surface area contributed by atoms with Gasteiger partial charge < -0.3 is 15.0 Å². The number of rotatable bonds is 7. The average Bonchev–Trinajstić information content (AvgIpc) is 3.02. The zero-order valence-electron chi connectivity index (χ0n) is 15.1. The van der Waals surface area contributed by atoms with Crippen molar-refractivity contribution in [1.29, 1.82) is 0 Å². The van der Waals surface area contributed by atoms with Gasteiger partial charge in [0.15, 0.2) is 0 Å². The van der Waals surface area contributed by atoms with Crippen LogP contribution in [0.5, 0.6) is 11.6 Å². The number of hydrogen-bond acceptors (Lipinski definition) is 5. The van der Waals surface area contributed by atoms with E-state index in [1.807, 2.05) is 11.0 Å². The summed E-state index contributed by atoms with van der Waals surface area (Å²) in [6.45, 7) is 5.40. The van der Waals surface area contributed by atoms with Crippen LogP contribution < -0.4 is 10.1 Å². The van der Waals surface area contributed by atoms with Crippen LogP contribution in [0.2, 0.25) is 0 Å². The second-order valence-electron chi connectivity index (χ2n) is 6.24. The van der Waals surface area contributed by atoms with Crippen LogP contribution in [-0.4, -0.2) is 38.5 Å². The van der Waals surface area contributed by atoms with Crippen molar-refractivity contribution in [1.82, 2.24) is 15.2 Å². The average molecular weight is 418 g/mol. The van der Waals surface area contributed by atoms with Crippen LogP contribution in [0, 0.1) is 5.82 Å². The Morgan fingerprint density at radius 2 is 2.18 bits per heavy atom. The molecule has 146 valence electrons. The Labute approximate surface area is 173 Å². The number of ether oxygens (including phenoxy) is 1. The van der Waals surface area contributed by atoms with E-state index < -0.39 is 0 Å². The standard InChI is InChI=1S/C20H20FN3O2S2/c1-2-9-22-20(27)28-17-10-19(25)24(13-17)12-14-3-8-18(23-11-14)26-16-6-4-15(21)5-7-16/h2-8,11,17H,1,9-10,12-13H2,(H,22,27)/t17-/m1/s1. The summed E-state index contributed by atoms with van der Waals surface area (Å²) in [4.78, 5) is 18.4. The van der Waals surface area contributed by atoms with Gasteiger partial charge >= 0.3 is 0 Å². The molecule has 0 radical (unpaired) electrons. The van der Waals surface area contributed by atoms with Crippen molar-refractivity contribution in [3.8, 4) is 11.6 Å². The highest BCUT2D eigenvalue weighted by Gasteiger charge is 2.30. The number of thiocarbonyl (C=S) groups is 1. The highest BCUT2D eigenvalue weighted by molar-refractivity contribution is 8.23. The Morgan fingerprint density at radius 1 is 1.39 bits per heavy atom. The normalized spacial score (nSPS) is 16.1. The summed E-state index contributed by atoms with van der Waals surface area (Å²) in [6.07, 6.45) is 3.90. The number of hydrogen-bond donors (Lipinski definition) is 1. The quantitative estimate of drug-likeness (QED) is 0.545. The molecule has 0 bridgehead atoms. The molecule has 3 rings (SSSR count). The molecular weight excluding hydrogens is 397 g/mol. The molecule has 8 heteroatoms. The monoisotopic (exact) mass is 417 g/mol. The minimum Gasteiger partial charge on any atom is -0.439 e. The molecule has 1 aliphatic heterocycles. The van der Waals surface area contributed by atoms with Crippen LogP contribution in [0.25, 0.3) is 0 Å². The van der Waals surface area contributed by atoms with Gasteiger partial charge in [0, 0.05) is 43.6 Å². The minimum atomic E-state index is -0.320. The molecule has 2 heterocycles. The van der Waals surface area contributed by atoms with Crippen molar-refractivity contribution in [3.05, 3.63) is 66.6 Å². The predicted octanol–water partition coefficient (Wildman–Crippen LogP) is 3.91. The van der Waals surface area contributed by atoms with E-state index in [0.29, 0.717) is 42.0 Å². The van der Waals surface area contributed by atoms with Crippen molar-refractivity contribution < 1.29 is 13.9 Å². The summed E-state index contributed by atoms with van der Waals surface area (Å²) in [7, 11) is 0. The summed E-state index contributed by atoms with van der Waals surface area (Å²) in [5.74, 6) is 0.711. The lowest BCUT2D eigenvalue weighted by Crippen LogP contribution is -2.26. The molecule has 5 nitrogen and oxygen atoms in total. The molecule has 1 aliphatic rings. The molecule has 0 aliphatic carbocycles. The second kappa shape index (κ2) is 9.66. The van der Waals surface area contributed by atoms with E-state index in [0.717, 1.165) is 5.56 Å². The van der Waals surface area contributed by atoms with E-state index in [1.54, 1.807) is 30.5 Å². The van der Waals surface area contributed by atoms with Crippen molar-refractivity contribution in [3.63, 3.8) is 0 Å². The van der Waals surface area contributed by atoms with Crippen LogP contribution in [0.1, 0.15) is 12.0 Å². The molecule has 1 amide bonds. The van der Waals surface area contributed by atoms with Gasteiger partial charge in [-0.05, 0) is 29.8 Å². The largest absolute Gasteiger partial charge is 0.439 e. The topological polar surface area (TPSA) is 54.5 Å². The molecule has 1 fully saturated rings. The van der Waals surface area contributed by atoms with E-state index in [2.05, 4.69) is 16.9 Å². The summed E-state index contributed by atoms with van der Waals surface area (Å²) in [5, 5.41) is 3.21. The van der Waals surface area contributed by atoms with E-state index >= 15 is 0 Å². The fraction of sp³-hybridized carbons (Fsp3) is 0.250. The minimum absolute atomic E-state index is 0.107. The third kappa shape index (κ3) is 5.77. The number of benzene rings is 1. The van der Waals surface area contributed by atoms with E-state index in [9.17, 15) is 9.18 Å². The number of thioether (sulfide) groups is 1. The Kier molecular flexibility index (Phi) is 7.00. The maximum absolute atomic E-state index is 12.9. The summed E-state index contributed by atoms with van der Waals surface area (Å²) < 4.78 is 19.2. The SMILES string of the molecule is C=CCNC(=S)S[C@@H]1CC(=O)N(Cc2ccc(Oc3ccc(F)cc3)nc2)C1. The number of likely N-dealkylation sites (tertiary alicyclic amines) is 1. The molecule has 28 heavy (non-hydrogen) atoms. The van der Waals surface area contributed by atoms with Crippen LogP contribution in [0.3, 0.4) is 0 Å². The zero-order chi connectivity index (χ0) is 19.9. The molecular formula is C20H20FN3O2S2. The van der Waals surface area contributed by atoms with E-state index in [4.69, 9.17) is 17.0 Å². The van der Waals surface area contributed by atoms with Gasteiger partial charge in [0.05, 0.1) is 0 Å². The van der Waals surface area contributed by atoms with Gasteiger partial charge in [-0.25, -0.2) is 9.37 Å². The Hall–Kier alpha value is -2.45. The first-order valence-electron chi connectivity index (χ1n) is 8.75. The number of nitrogens with zero attached hydrogens (tertiary/aromatic N) is 2. The van der Waals surface area contributed by atoms with Gasteiger partial charge in [-0.3, -0.25) is 4.79 Å². The molecule has 1 aromatic carbocycles. The van der Waals surface area contributed by atoms with Gasteiger partial charge in [-0.15, -0.1) is 6.58 Å². The van der Waals surface area contributed by atoms with Crippen LogP contribution >= 0.6 is 24.0 Å². The molecule has 0 unspecified atom stereocenters. The molecule has 1 saturated heterocycles. The number of carbonyl (C=O) groups is 1. The van der Waals surface area contributed by atoms with Crippen molar-refractivity contribution in [2.24, 2.45) is 0 Å². The molecule has 1 N–H and O–H groups in total. The number of halogens is 1. The van der Waals surface area contributed by atoms with Crippen LogP contribution in [-0.2, 0) is 11.3 Å². The van der Waals surface area contributed by atoms with Gasteiger partial charge in [0.1, 0.15) is 15.9 Å². The number of amides is 1. The lowest BCUT2D eigenvalue weighted by atomic mass is 10.2. The van der Waals surface area contributed by atoms with Crippen LogP contribution in [0.15, 0.2) is 55.3 Å². The Balaban J connectivity index is 1.52. The summed E-state index contributed by atoms with van der Waals surface area (Å²) >= 11 is 6.79. The van der Waals surface area contributed by atoms with Gasteiger partial charge in [0.2, 0.25) is 11.8 Å². The summed E-state index contributed by atoms with van der Waals surface area (Å²) in [6, 6.07) is 9.35. The highest BCUT2D eigenvalue weighted by Crippen LogP contribution is 2.26. The number of nitrogens with one attached hydrogen (secondary N) is 1. The smallest absolute Gasteiger partial charge is 0.224 e. The van der Waals surface area contributed by atoms with Gasteiger partial charge in [0.25, 0.3) is 0 Å². The molecule has 2 aromatic rings. The Bertz CT molecular complexity index is 844. The number of pyridine rings is 1. The molecule has 1 atom stereocenters. The van der Waals surface area contributed by atoms with Crippen molar-refractivity contribution >= 4 is 34.2 Å². The van der Waals surface area contributed by atoms with Gasteiger partial charge in [-0.2, -0.15) is 0 Å². The maximum Gasteiger partial charge on any atom is 0.224 e. The maximum atomic E-state index is 12.9. The lowest BCUT2D eigenvalue weighted by Gasteiger charge is -2.17. The fourth-order valence-electron chi connectivity index (χ4n) is 2.72. The zero-order valence-corrected chi connectivity index (χ0v) is 16.8. The molecule has 0 spiro atoms. The highest BCUT2D eigenvalue weighted by atomic mass is 32.2. The molecule has 0 saturated carbocycles. The van der Waals surface area contributed by atoms with E-state index in [1.165, 1.54) is 23.9 Å². The van der Waals surface area contributed by atoms with Gasteiger partial charge in [-0.1, -0.05) is 36.1 Å².